The Labute approximate surface area is 59.7 Å². The lowest BCUT2D eigenvalue weighted by atomic mass is 10.3. The first-order valence-electron chi connectivity index (χ1n) is 3.19. The Bertz CT molecular complexity index is 218. The summed E-state index contributed by atoms with van der Waals surface area (Å²) in [6.45, 7) is 1.92. The van der Waals surface area contributed by atoms with Crippen molar-refractivity contribution in [2.75, 3.05) is 0 Å². The summed E-state index contributed by atoms with van der Waals surface area (Å²) in [7, 11) is 0. The summed E-state index contributed by atoms with van der Waals surface area (Å²) in [6.07, 6.45) is 3.98. The normalized spacial score (nSPS) is 9.30. The zero-order chi connectivity index (χ0) is 7.40. The Kier molecular flexibility index (Phi) is 2.10. The highest BCUT2D eigenvalue weighted by atomic mass is 14.9. The molecule has 0 aliphatic carbocycles. The van der Waals surface area contributed by atoms with Crippen molar-refractivity contribution in [3.05, 3.63) is 24.3 Å². The molecule has 0 saturated heterocycles. The predicted octanol–water partition coefficient (Wildman–Crippen LogP) is 1.25. The van der Waals surface area contributed by atoms with E-state index in [4.69, 9.17) is 5.41 Å². The van der Waals surface area contributed by atoms with E-state index in [1.165, 1.54) is 0 Å². The molecule has 0 aromatic carbocycles. The number of hydrogen-bond acceptors (Lipinski definition) is 3. The number of aromatic nitrogens is 2. The minimum atomic E-state index is 0.487. The zero-order valence-electron chi connectivity index (χ0n) is 5.83. The lowest BCUT2D eigenvalue weighted by Gasteiger charge is -1.94. The molecule has 0 spiro atoms. The first kappa shape index (κ1) is 6.86. The Morgan fingerprint density at radius 3 is 2.60 bits per heavy atom. The van der Waals surface area contributed by atoms with Gasteiger partial charge in [-0.3, -0.25) is 0 Å². The van der Waals surface area contributed by atoms with Gasteiger partial charge in [-0.1, -0.05) is 6.92 Å². The van der Waals surface area contributed by atoms with Crippen LogP contribution < -0.4 is 0 Å². The van der Waals surface area contributed by atoms with Gasteiger partial charge in [-0.25, -0.2) is 9.97 Å². The Morgan fingerprint density at radius 2 is 2.10 bits per heavy atom. The summed E-state index contributed by atoms with van der Waals surface area (Å²) in [6, 6.07) is 1.74. The van der Waals surface area contributed by atoms with E-state index < -0.39 is 0 Å². The van der Waals surface area contributed by atoms with Crippen LogP contribution in [0.4, 0.5) is 0 Å². The van der Waals surface area contributed by atoms with Gasteiger partial charge in [-0.15, -0.1) is 0 Å². The van der Waals surface area contributed by atoms with Gasteiger partial charge in [0, 0.05) is 12.4 Å². The minimum Gasteiger partial charge on any atom is -0.301 e. The predicted molar refractivity (Wildman–Crippen MR) is 39.2 cm³/mol. The van der Waals surface area contributed by atoms with Crippen LogP contribution in [0.5, 0.6) is 0 Å². The molecule has 0 aliphatic heterocycles. The van der Waals surface area contributed by atoms with Crippen molar-refractivity contribution in [1.29, 1.82) is 5.41 Å². The molecule has 0 radical (unpaired) electrons. The van der Waals surface area contributed by atoms with E-state index in [9.17, 15) is 0 Å². The lowest BCUT2D eigenvalue weighted by molar-refractivity contribution is 1.09. The average Bonchev–Trinajstić information content (AvgIpc) is 2.05. The second-order valence-electron chi connectivity index (χ2n) is 1.90. The number of nitrogens with one attached hydrogen (secondary N) is 1. The van der Waals surface area contributed by atoms with Crippen molar-refractivity contribution in [2.24, 2.45) is 0 Å². The van der Waals surface area contributed by atoms with Gasteiger partial charge in [0.25, 0.3) is 0 Å². The molecule has 10 heavy (non-hydrogen) atoms. The molecular formula is C7H9N3. The van der Waals surface area contributed by atoms with Crippen LogP contribution in [-0.2, 0) is 0 Å². The van der Waals surface area contributed by atoms with Crippen LogP contribution in [0.15, 0.2) is 18.5 Å². The van der Waals surface area contributed by atoms with Gasteiger partial charge in [0.1, 0.15) is 0 Å². The molecule has 0 atom stereocenters. The van der Waals surface area contributed by atoms with Gasteiger partial charge in [-0.05, 0) is 12.5 Å². The summed E-state index contributed by atoms with van der Waals surface area (Å²) in [5, 5.41) is 7.35. The van der Waals surface area contributed by atoms with Crippen LogP contribution in [0.2, 0.25) is 0 Å². The highest BCUT2D eigenvalue weighted by Crippen LogP contribution is 1.92. The van der Waals surface area contributed by atoms with Crippen molar-refractivity contribution < 1.29 is 0 Å². The lowest BCUT2D eigenvalue weighted by Crippen LogP contribution is -2.01. The van der Waals surface area contributed by atoms with Crippen molar-refractivity contribution >= 4 is 5.71 Å². The first-order valence-corrected chi connectivity index (χ1v) is 3.19. The van der Waals surface area contributed by atoms with Crippen LogP contribution >= 0.6 is 0 Å². The maximum Gasteiger partial charge on any atom is 0.173 e. The van der Waals surface area contributed by atoms with Crippen LogP contribution in [0, 0.1) is 5.41 Å². The standard InChI is InChI=1S/C7H9N3/c1-2-6(8)7-9-4-3-5-10-7/h3-5,8H,2H2,1H3. The number of nitrogens with zero attached hydrogens (tertiary/aromatic N) is 2. The molecule has 3 heteroatoms. The summed E-state index contributed by atoms with van der Waals surface area (Å²) >= 11 is 0. The summed E-state index contributed by atoms with van der Waals surface area (Å²) in [5.74, 6) is 0.532. The van der Waals surface area contributed by atoms with E-state index in [1.807, 2.05) is 6.92 Å². The highest BCUT2D eigenvalue weighted by Gasteiger charge is 1.97. The third kappa shape index (κ3) is 1.37. The van der Waals surface area contributed by atoms with Crippen LogP contribution in [0.3, 0.4) is 0 Å². The fraction of sp³-hybridized carbons (Fsp3) is 0.286. The Morgan fingerprint density at radius 1 is 1.50 bits per heavy atom. The fourth-order valence-corrected chi connectivity index (χ4v) is 0.613. The molecule has 52 valence electrons. The summed E-state index contributed by atoms with van der Waals surface area (Å²) in [5.41, 5.74) is 0.487. The number of hydrogen-bond donors (Lipinski definition) is 1. The van der Waals surface area contributed by atoms with Crippen molar-refractivity contribution in [1.82, 2.24) is 9.97 Å². The van der Waals surface area contributed by atoms with E-state index in [0.29, 0.717) is 18.0 Å². The first-order chi connectivity index (χ1) is 4.84. The van der Waals surface area contributed by atoms with E-state index in [0.717, 1.165) is 0 Å². The fourth-order valence-electron chi connectivity index (χ4n) is 0.613. The van der Waals surface area contributed by atoms with E-state index >= 15 is 0 Å². The zero-order valence-corrected chi connectivity index (χ0v) is 5.83. The third-order valence-electron chi connectivity index (χ3n) is 1.19. The Hall–Kier alpha value is -1.25. The van der Waals surface area contributed by atoms with Crippen LogP contribution in [-0.4, -0.2) is 15.7 Å². The molecule has 0 fully saturated rings. The van der Waals surface area contributed by atoms with Crippen LogP contribution in [0.25, 0.3) is 0 Å². The summed E-state index contributed by atoms with van der Waals surface area (Å²) in [4.78, 5) is 7.83. The van der Waals surface area contributed by atoms with E-state index in [2.05, 4.69) is 9.97 Å². The van der Waals surface area contributed by atoms with Gasteiger partial charge in [-0.2, -0.15) is 0 Å². The van der Waals surface area contributed by atoms with Gasteiger partial charge in [0.2, 0.25) is 0 Å². The maximum atomic E-state index is 7.35. The van der Waals surface area contributed by atoms with E-state index in [-0.39, 0.29) is 0 Å². The smallest absolute Gasteiger partial charge is 0.173 e. The molecule has 1 aromatic rings. The van der Waals surface area contributed by atoms with Gasteiger partial charge in [0.05, 0.1) is 5.71 Å². The van der Waals surface area contributed by atoms with Gasteiger partial charge < -0.3 is 5.41 Å². The SMILES string of the molecule is CCC(=N)c1ncccn1. The van der Waals surface area contributed by atoms with Crippen molar-refractivity contribution in [2.45, 2.75) is 13.3 Å². The van der Waals surface area contributed by atoms with E-state index in [1.54, 1.807) is 18.5 Å². The molecule has 1 aromatic heterocycles. The monoisotopic (exact) mass is 135 g/mol. The van der Waals surface area contributed by atoms with Crippen molar-refractivity contribution in [3.8, 4) is 0 Å². The largest absolute Gasteiger partial charge is 0.301 e. The van der Waals surface area contributed by atoms with Gasteiger partial charge >= 0.3 is 0 Å². The Balaban J connectivity index is 2.85. The summed E-state index contributed by atoms with van der Waals surface area (Å²) < 4.78 is 0. The number of rotatable bonds is 2. The molecule has 1 heterocycles. The molecule has 0 saturated carbocycles. The topological polar surface area (TPSA) is 49.6 Å². The maximum absolute atomic E-state index is 7.35. The third-order valence-corrected chi connectivity index (χ3v) is 1.19. The van der Waals surface area contributed by atoms with Crippen LogP contribution in [0.1, 0.15) is 19.2 Å². The second kappa shape index (κ2) is 3.06. The molecular weight excluding hydrogens is 126 g/mol. The molecule has 1 N–H and O–H groups in total. The minimum absolute atomic E-state index is 0.487. The molecule has 3 nitrogen and oxygen atoms in total. The molecule has 0 amide bonds. The average molecular weight is 135 g/mol. The highest BCUT2D eigenvalue weighted by molar-refractivity contribution is 5.94. The quantitative estimate of drug-likeness (QED) is 0.620. The molecule has 0 unspecified atom stereocenters. The molecule has 0 bridgehead atoms. The molecule has 0 aliphatic rings. The molecule has 1 rings (SSSR count). The van der Waals surface area contributed by atoms with Crippen molar-refractivity contribution in [3.63, 3.8) is 0 Å². The van der Waals surface area contributed by atoms with Gasteiger partial charge in [0.15, 0.2) is 5.82 Å². The second-order valence-corrected chi connectivity index (χ2v) is 1.90.